The predicted octanol–water partition coefficient (Wildman–Crippen LogP) is 2.64. The fourth-order valence-electron chi connectivity index (χ4n) is 3.31. The van der Waals surface area contributed by atoms with Crippen LogP contribution in [0.4, 0.5) is 5.82 Å². The molecular formula is C18H22N6. The molecule has 1 aliphatic heterocycles. The first-order valence-corrected chi connectivity index (χ1v) is 8.50. The van der Waals surface area contributed by atoms with Crippen LogP contribution < -0.4 is 5.32 Å². The van der Waals surface area contributed by atoms with E-state index in [1.165, 1.54) is 43.4 Å². The molecule has 0 spiro atoms. The average Bonchev–Trinajstić information content (AvgIpc) is 3.25. The lowest BCUT2D eigenvalue weighted by Gasteiger charge is -2.18. The molecule has 0 radical (unpaired) electrons. The second kappa shape index (κ2) is 6.57. The zero-order chi connectivity index (χ0) is 16.4. The molecule has 1 aromatic carbocycles. The Kier molecular flexibility index (Phi) is 4.13. The van der Waals surface area contributed by atoms with Crippen LogP contribution in [-0.2, 0) is 13.1 Å². The Balaban J connectivity index is 1.54. The summed E-state index contributed by atoms with van der Waals surface area (Å²) in [7, 11) is 0. The summed E-state index contributed by atoms with van der Waals surface area (Å²) >= 11 is 0. The molecule has 3 heterocycles. The molecular weight excluding hydrogens is 300 g/mol. The summed E-state index contributed by atoms with van der Waals surface area (Å²) in [5.41, 5.74) is 3.66. The van der Waals surface area contributed by atoms with Crippen LogP contribution in [0.15, 0.2) is 36.7 Å². The molecule has 0 atom stereocenters. The summed E-state index contributed by atoms with van der Waals surface area (Å²) < 4.78 is 1.75. The Hall–Kier alpha value is -2.47. The minimum absolute atomic E-state index is 0.628. The van der Waals surface area contributed by atoms with Crippen LogP contribution in [0.3, 0.4) is 0 Å². The molecule has 0 unspecified atom stereocenters. The van der Waals surface area contributed by atoms with Crippen molar-refractivity contribution in [3.05, 3.63) is 53.5 Å². The number of likely N-dealkylation sites (tertiary alicyclic amines) is 1. The first-order chi connectivity index (χ1) is 11.8. The van der Waals surface area contributed by atoms with Gasteiger partial charge in [0, 0.05) is 24.8 Å². The number of aromatic nitrogens is 4. The Labute approximate surface area is 141 Å². The van der Waals surface area contributed by atoms with Gasteiger partial charge in [-0.2, -0.15) is 14.6 Å². The number of hydrogen-bond donors (Lipinski definition) is 1. The fraction of sp³-hybridized carbons (Fsp3) is 0.389. The van der Waals surface area contributed by atoms with E-state index < -0.39 is 0 Å². The molecule has 0 bridgehead atoms. The molecule has 4 rings (SSSR count). The lowest BCUT2D eigenvalue weighted by Crippen LogP contribution is -2.20. The van der Waals surface area contributed by atoms with Gasteiger partial charge in [-0.25, -0.2) is 4.98 Å². The number of nitrogens with zero attached hydrogens (tertiary/aromatic N) is 5. The summed E-state index contributed by atoms with van der Waals surface area (Å²) in [4.78, 5) is 11.1. The number of anilines is 1. The zero-order valence-corrected chi connectivity index (χ0v) is 13.9. The summed E-state index contributed by atoms with van der Waals surface area (Å²) in [5.74, 6) is 1.55. The standard InChI is InChI=1S/C18H22N6/c1-14-10-17(24-18(22-14)20-13-21-24)19-11-15-6-2-3-7-16(15)12-23-8-4-5-9-23/h2-3,6-7,10,13,19H,4-5,8-9,11-12H2,1H3. The van der Waals surface area contributed by atoms with Crippen molar-refractivity contribution in [3.63, 3.8) is 0 Å². The lowest BCUT2D eigenvalue weighted by atomic mass is 10.1. The Morgan fingerprint density at radius 3 is 2.75 bits per heavy atom. The average molecular weight is 322 g/mol. The van der Waals surface area contributed by atoms with Crippen molar-refractivity contribution in [2.45, 2.75) is 32.9 Å². The number of fused-ring (bicyclic) bond motifs is 1. The van der Waals surface area contributed by atoms with Crippen LogP contribution in [-0.4, -0.2) is 37.6 Å². The van der Waals surface area contributed by atoms with Crippen molar-refractivity contribution in [2.24, 2.45) is 0 Å². The summed E-state index contributed by atoms with van der Waals surface area (Å²) in [5, 5.41) is 7.75. The van der Waals surface area contributed by atoms with Gasteiger partial charge in [-0.15, -0.1) is 0 Å². The maximum atomic E-state index is 4.38. The maximum Gasteiger partial charge on any atom is 0.254 e. The normalized spacial score (nSPS) is 15.2. The number of benzene rings is 1. The van der Waals surface area contributed by atoms with Crippen LogP contribution >= 0.6 is 0 Å². The third-order valence-corrected chi connectivity index (χ3v) is 4.55. The Morgan fingerprint density at radius 2 is 1.92 bits per heavy atom. The van der Waals surface area contributed by atoms with Crippen molar-refractivity contribution in [1.29, 1.82) is 0 Å². The number of rotatable bonds is 5. The SMILES string of the molecule is Cc1cc(NCc2ccccc2CN2CCCC2)n2ncnc2n1. The van der Waals surface area contributed by atoms with Crippen molar-refractivity contribution in [1.82, 2.24) is 24.5 Å². The van der Waals surface area contributed by atoms with Gasteiger partial charge in [0.2, 0.25) is 0 Å². The predicted molar refractivity (Wildman–Crippen MR) is 93.8 cm³/mol. The number of hydrogen-bond acceptors (Lipinski definition) is 5. The van der Waals surface area contributed by atoms with Gasteiger partial charge >= 0.3 is 0 Å². The molecule has 3 aromatic rings. The first-order valence-electron chi connectivity index (χ1n) is 8.50. The third-order valence-electron chi connectivity index (χ3n) is 4.55. The number of aryl methyl sites for hydroxylation is 1. The second-order valence-electron chi connectivity index (χ2n) is 6.36. The van der Waals surface area contributed by atoms with Crippen molar-refractivity contribution in [2.75, 3.05) is 18.4 Å². The summed E-state index contributed by atoms with van der Waals surface area (Å²) in [6, 6.07) is 10.7. The van der Waals surface area contributed by atoms with Gasteiger partial charge in [0.25, 0.3) is 5.78 Å². The van der Waals surface area contributed by atoms with Gasteiger partial charge in [0.05, 0.1) is 0 Å². The van der Waals surface area contributed by atoms with E-state index in [-0.39, 0.29) is 0 Å². The first kappa shape index (κ1) is 15.1. The van der Waals surface area contributed by atoms with Gasteiger partial charge in [0.15, 0.2) is 0 Å². The largest absolute Gasteiger partial charge is 0.366 e. The molecule has 0 amide bonds. The minimum atomic E-state index is 0.628. The van der Waals surface area contributed by atoms with E-state index in [9.17, 15) is 0 Å². The van der Waals surface area contributed by atoms with E-state index in [0.717, 1.165) is 24.6 Å². The molecule has 6 nitrogen and oxygen atoms in total. The maximum absolute atomic E-state index is 4.38. The Morgan fingerprint density at radius 1 is 1.12 bits per heavy atom. The van der Waals surface area contributed by atoms with Gasteiger partial charge < -0.3 is 5.32 Å². The highest BCUT2D eigenvalue weighted by Gasteiger charge is 2.13. The summed E-state index contributed by atoms with van der Waals surface area (Å²) in [6.45, 7) is 6.20. The van der Waals surface area contributed by atoms with Crippen LogP contribution in [0.5, 0.6) is 0 Å². The smallest absolute Gasteiger partial charge is 0.254 e. The highest BCUT2D eigenvalue weighted by atomic mass is 15.3. The molecule has 6 heteroatoms. The molecule has 1 N–H and O–H groups in total. The highest BCUT2D eigenvalue weighted by molar-refractivity contribution is 5.45. The zero-order valence-electron chi connectivity index (χ0n) is 13.9. The fourth-order valence-corrected chi connectivity index (χ4v) is 3.31. The highest BCUT2D eigenvalue weighted by Crippen LogP contribution is 2.18. The van der Waals surface area contributed by atoms with E-state index >= 15 is 0 Å². The van der Waals surface area contributed by atoms with Crippen molar-refractivity contribution in [3.8, 4) is 0 Å². The van der Waals surface area contributed by atoms with E-state index in [4.69, 9.17) is 0 Å². The van der Waals surface area contributed by atoms with E-state index in [2.05, 4.69) is 49.5 Å². The van der Waals surface area contributed by atoms with Crippen LogP contribution in [0, 0.1) is 6.92 Å². The van der Waals surface area contributed by atoms with Crippen LogP contribution in [0.2, 0.25) is 0 Å². The molecule has 1 aliphatic rings. The van der Waals surface area contributed by atoms with E-state index in [0.29, 0.717) is 5.78 Å². The van der Waals surface area contributed by atoms with Crippen LogP contribution in [0.1, 0.15) is 29.7 Å². The molecule has 24 heavy (non-hydrogen) atoms. The van der Waals surface area contributed by atoms with Gasteiger partial charge in [-0.3, -0.25) is 4.90 Å². The summed E-state index contributed by atoms with van der Waals surface area (Å²) in [6.07, 6.45) is 4.18. The molecule has 0 saturated carbocycles. The molecule has 1 fully saturated rings. The lowest BCUT2D eigenvalue weighted by molar-refractivity contribution is 0.330. The van der Waals surface area contributed by atoms with Gasteiger partial charge in [-0.05, 0) is 44.0 Å². The Bertz CT molecular complexity index is 834. The van der Waals surface area contributed by atoms with Gasteiger partial charge in [-0.1, -0.05) is 24.3 Å². The quantitative estimate of drug-likeness (QED) is 0.782. The van der Waals surface area contributed by atoms with Crippen molar-refractivity contribution >= 4 is 11.6 Å². The van der Waals surface area contributed by atoms with E-state index in [1.807, 2.05) is 13.0 Å². The topological polar surface area (TPSA) is 58.4 Å². The van der Waals surface area contributed by atoms with Gasteiger partial charge in [0.1, 0.15) is 12.1 Å². The molecule has 124 valence electrons. The van der Waals surface area contributed by atoms with Crippen LogP contribution in [0.25, 0.3) is 5.78 Å². The van der Waals surface area contributed by atoms with E-state index in [1.54, 1.807) is 4.52 Å². The minimum Gasteiger partial charge on any atom is -0.366 e. The monoisotopic (exact) mass is 322 g/mol. The molecule has 2 aromatic heterocycles. The van der Waals surface area contributed by atoms with Crippen molar-refractivity contribution < 1.29 is 0 Å². The molecule has 1 saturated heterocycles. The second-order valence-corrected chi connectivity index (χ2v) is 6.36. The molecule has 0 aliphatic carbocycles. The third kappa shape index (κ3) is 3.10. The number of nitrogens with one attached hydrogen (secondary N) is 1.